The molecule has 1 heterocycles. The highest BCUT2D eigenvalue weighted by molar-refractivity contribution is 7.87. The standard InChI is InChI=1S/C21H25N5O4S/c1-21(2)19(27)18(16-10-6-7-11-17(16)30-21)26(20(23)24-13-12-22)31(28,29)25-14-15-8-4-3-5-9-15/h3-11,18-19,25,27H,13-14H2,1-2H3,(H2,23,24). The fourth-order valence-corrected chi connectivity index (χ4v) is 4.73. The number of aliphatic hydroxyl groups is 1. The molecule has 10 heteroatoms. The molecule has 0 radical (unpaired) electrons. The summed E-state index contributed by atoms with van der Waals surface area (Å²) in [6, 6.07) is 16.5. The van der Waals surface area contributed by atoms with Gasteiger partial charge in [0.25, 0.3) is 0 Å². The maximum absolute atomic E-state index is 13.4. The number of hydrogen-bond donors (Lipinski definition) is 3. The summed E-state index contributed by atoms with van der Waals surface area (Å²) in [4.78, 5) is 3.88. The largest absolute Gasteiger partial charge is 0.485 e. The van der Waals surface area contributed by atoms with Crippen LogP contribution in [0.2, 0.25) is 0 Å². The highest BCUT2D eigenvalue weighted by Crippen LogP contribution is 2.43. The number of hydrogen-bond acceptors (Lipinski definition) is 6. The van der Waals surface area contributed by atoms with Crippen molar-refractivity contribution in [1.29, 1.82) is 5.26 Å². The minimum atomic E-state index is -4.27. The summed E-state index contributed by atoms with van der Waals surface area (Å²) in [5.41, 5.74) is 6.12. The van der Waals surface area contributed by atoms with E-state index >= 15 is 0 Å². The maximum atomic E-state index is 13.4. The van der Waals surface area contributed by atoms with E-state index in [-0.39, 0.29) is 13.1 Å². The predicted molar refractivity (Wildman–Crippen MR) is 116 cm³/mol. The third-order valence-electron chi connectivity index (χ3n) is 4.97. The van der Waals surface area contributed by atoms with Crippen molar-refractivity contribution >= 4 is 16.2 Å². The fourth-order valence-electron chi connectivity index (χ4n) is 3.41. The van der Waals surface area contributed by atoms with Gasteiger partial charge in [-0.15, -0.1) is 0 Å². The summed E-state index contributed by atoms with van der Waals surface area (Å²) in [6.07, 6.45) is -1.27. The van der Waals surface area contributed by atoms with Gasteiger partial charge in [-0.2, -0.15) is 18.4 Å². The van der Waals surface area contributed by atoms with E-state index in [0.717, 1.165) is 9.87 Å². The molecular weight excluding hydrogens is 418 g/mol. The van der Waals surface area contributed by atoms with Crippen LogP contribution in [0, 0.1) is 11.3 Å². The molecule has 2 aromatic carbocycles. The zero-order chi connectivity index (χ0) is 22.6. The van der Waals surface area contributed by atoms with E-state index in [9.17, 15) is 13.5 Å². The second kappa shape index (κ2) is 8.93. The van der Waals surface area contributed by atoms with Gasteiger partial charge in [-0.25, -0.2) is 9.30 Å². The topological polar surface area (TPSA) is 141 Å². The molecule has 164 valence electrons. The Morgan fingerprint density at radius 1 is 1.26 bits per heavy atom. The molecule has 4 N–H and O–H groups in total. The number of rotatable bonds is 6. The average molecular weight is 444 g/mol. The third kappa shape index (κ3) is 4.80. The van der Waals surface area contributed by atoms with Crippen LogP contribution in [0.5, 0.6) is 5.75 Å². The number of aliphatic imine (C=N–C) groups is 1. The molecule has 1 aliphatic heterocycles. The Kier molecular flexibility index (Phi) is 6.50. The average Bonchev–Trinajstić information content (AvgIpc) is 2.74. The van der Waals surface area contributed by atoms with Gasteiger partial charge in [-0.1, -0.05) is 48.5 Å². The van der Waals surface area contributed by atoms with E-state index in [2.05, 4.69) is 9.71 Å². The van der Waals surface area contributed by atoms with Gasteiger partial charge in [0, 0.05) is 12.1 Å². The number of nitrogens with one attached hydrogen (secondary N) is 1. The lowest BCUT2D eigenvalue weighted by Crippen LogP contribution is -2.59. The number of fused-ring (bicyclic) bond motifs is 1. The second-order valence-electron chi connectivity index (χ2n) is 7.57. The molecule has 31 heavy (non-hydrogen) atoms. The second-order valence-corrected chi connectivity index (χ2v) is 9.21. The van der Waals surface area contributed by atoms with Gasteiger partial charge < -0.3 is 15.6 Å². The van der Waals surface area contributed by atoms with E-state index in [1.165, 1.54) is 0 Å². The normalized spacial score (nSPS) is 20.3. The fraction of sp³-hybridized carbons (Fsp3) is 0.333. The van der Waals surface area contributed by atoms with Gasteiger partial charge >= 0.3 is 10.2 Å². The third-order valence-corrected chi connectivity index (χ3v) is 6.41. The lowest BCUT2D eigenvalue weighted by molar-refractivity contribution is -0.0720. The molecular formula is C21H25N5O4S. The van der Waals surface area contributed by atoms with Crippen LogP contribution in [-0.2, 0) is 16.8 Å². The number of para-hydroxylation sites is 1. The van der Waals surface area contributed by atoms with E-state index in [4.69, 9.17) is 15.7 Å². The summed E-state index contributed by atoms with van der Waals surface area (Å²) in [5, 5.41) is 20.0. The summed E-state index contributed by atoms with van der Waals surface area (Å²) in [5.74, 6) is 0.0257. The molecule has 3 rings (SSSR count). The Labute approximate surface area is 182 Å². The molecule has 0 bridgehead atoms. The zero-order valence-electron chi connectivity index (χ0n) is 17.3. The highest BCUT2D eigenvalue weighted by Gasteiger charge is 2.49. The molecule has 0 saturated carbocycles. The van der Waals surface area contributed by atoms with Crippen molar-refractivity contribution in [3.05, 3.63) is 65.7 Å². The number of nitrogens with two attached hydrogens (primary N) is 1. The Hall–Kier alpha value is -3.13. The molecule has 1 aliphatic rings. The molecule has 0 aromatic heterocycles. The van der Waals surface area contributed by atoms with Crippen molar-refractivity contribution < 1.29 is 18.3 Å². The smallest absolute Gasteiger partial charge is 0.304 e. The summed E-state index contributed by atoms with van der Waals surface area (Å²) >= 11 is 0. The van der Waals surface area contributed by atoms with E-state index in [1.807, 2.05) is 12.1 Å². The summed E-state index contributed by atoms with van der Waals surface area (Å²) in [6.45, 7) is 2.99. The van der Waals surface area contributed by atoms with Crippen molar-refractivity contribution in [3.8, 4) is 11.8 Å². The van der Waals surface area contributed by atoms with Gasteiger partial charge in [0.15, 0.2) is 0 Å². The predicted octanol–water partition coefficient (Wildman–Crippen LogP) is 1.43. The van der Waals surface area contributed by atoms with Gasteiger partial charge in [0.05, 0.1) is 6.07 Å². The number of nitrogens with zero attached hydrogens (tertiary/aromatic N) is 3. The van der Waals surface area contributed by atoms with Crippen LogP contribution in [0.25, 0.3) is 0 Å². The van der Waals surface area contributed by atoms with Crippen molar-refractivity contribution in [2.45, 2.75) is 38.1 Å². The quantitative estimate of drug-likeness (QED) is 0.350. The number of benzene rings is 2. The first-order valence-corrected chi connectivity index (χ1v) is 11.1. The van der Waals surface area contributed by atoms with Crippen molar-refractivity contribution in [3.63, 3.8) is 0 Å². The highest BCUT2D eigenvalue weighted by atomic mass is 32.2. The van der Waals surface area contributed by atoms with Crippen molar-refractivity contribution in [2.75, 3.05) is 6.54 Å². The van der Waals surface area contributed by atoms with Crippen LogP contribution in [0.1, 0.15) is 31.0 Å². The molecule has 2 aromatic rings. The van der Waals surface area contributed by atoms with Crippen LogP contribution >= 0.6 is 0 Å². The number of aliphatic hydroxyl groups excluding tert-OH is 1. The number of nitriles is 1. The Balaban J connectivity index is 2.07. The first-order chi connectivity index (χ1) is 14.7. The zero-order valence-corrected chi connectivity index (χ0v) is 18.1. The maximum Gasteiger partial charge on any atom is 0.304 e. The molecule has 2 atom stereocenters. The van der Waals surface area contributed by atoms with E-state index in [0.29, 0.717) is 11.3 Å². The first-order valence-electron chi connectivity index (χ1n) is 9.63. The minimum Gasteiger partial charge on any atom is -0.485 e. The van der Waals surface area contributed by atoms with Crippen molar-refractivity contribution in [2.24, 2.45) is 10.7 Å². The molecule has 0 fully saturated rings. The van der Waals surface area contributed by atoms with Gasteiger partial charge in [0.1, 0.15) is 30.0 Å². The van der Waals surface area contributed by atoms with Crippen LogP contribution in [0.4, 0.5) is 0 Å². The molecule has 0 amide bonds. The Morgan fingerprint density at radius 2 is 1.90 bits per heavy atom. The monoisotopic (exact) mass is 443 g/mol. The van der Waals surface area contributed by atoms with Crippen LogP contribution < -0.4 is 15.2 Å². The Morgan fingerprint density at radius 3 is 2.58 bits per heavy atom. The van der Waals surface area contributed by atoms with Gasteiger partial charge in [-0.3, -0.25) is 0 Å². The SMILES string of the molecule is CC1(C)Oc2ccccc2C(N(C(N)=NCC#N)S(=O)(=O)NCc2ccccc2)C1O. The van der Waals surface area contributed by atoms with Crippen molar-refractivity contribution in [1.82, 2.24) is 9.03 Å². The van der Waals surface area contributed by atoms with Crippen LogP contribution in [0.3, 0.4) is 0 Å². The van der Waals surface area contributed by atoms with E-state index in [1.54, 1.807) is 62.4 Å². The molecule has 9 nitrogen and oxygen atoms in total. The Bertz CT molecular complexity index is 1100. The molecule has 0 aliphatic carbocycles. The van der Waals surface area contributed by atoms with Crippen LogP contribution in [-0.4, -0.2) is 42.0 Å². The first kappa shape index (κ1) is 22.6. The van der Waals surface area contributed by atoms with Gasteiger partial charge in [0.2, 0.25) is 5.96 Å². The van der Waals surface area contributed by atoms with Gasteiger partial charge in [-0.05, 0) is 25.5 Å². The van der Waals surface area contributed by atoms with E-state index < -0.39 is 33.9 Å². The summed E-state index contributed by atoms with van der Waals surface area (Å²) in [7, 11) is -4.27. The summed E-state index contributed by atoms with van der Waals surface area (Å²) < 4.78 is 36.0. The molecule has 0 saturated heterocycles. The lowest BCUT2D eigenvalue weighted by atomic mass is 9.86. The molecule has 2 unspecified atom stereocenters. The number of ether oxygens (including phenoxy) is 1. The van der Waals surface area contributed by atoms with Crippen LogP contribution in [0.15, 0.2) is 59.6 Å². The lowest BCUT2D eigenvalue weighted by Gasteiger charge is -2.45. The molecule has 0 spiro atoms. The number of guanidine groups is 1. The minimum absolute atomic E-state index is 0.00948.